The lowest BCUT2D eigenvalue weighted by molar-refractivity contribution is 0.403. The Morgan fingerprint density at radius 1 is 1.22 bits per heavy atom. The summed E-state index contributed by atoms with van der Waals surface area (Å²) in [6.07, 6.45) is 5.66. The Kier molecular flexibility index (Phi) is 3.21. The molecule has 0 aliphatic heterocycles. The highest BCUT2D eigenvalue weighted by Crippen LogP contribution is 2.60. The van der Waals surface area contributed by atoms with Crippen LogP contribution in [-0.4, -0.2) is 6.54 Å². The van der Waals surface area contributed by atoms with Gasteiger partial charge in [0, 0.05) is 13.1 Å². The van der Waals surface area contributed by atoms with Gasteiger partial charge < -0.3 is 11.1 Å². The first-order valence-corrected chi connectivity index (χ1v) is 7.30. The highest BCUT2D eigenvalue weighted by molar-refractivity contribution is 6.38. The normalized spacial score (nSPS) is 21.0. The van der Waals surface area contributed by atoms with E-state index < -0.39 is 0 Å². The first-order valence-electron chi connectivity index (χ1n) is 6.55. The quantitative estimate of drug-likeness (QED) is 0.806. The van der Waals surface area contributed by atoms with Gasteiger partial charge in [0.25, 0.3) is 0 Å². The van der Waals surface area contributed by atoms with Crippen LogP contribution in [0.4, 0.5) is 5.69 Å². The minimum Gasteiger partial charge on any atom is -0.396 e. The fourth-order valence-corrected chi connectivity index (χ4v) is 3.31. The summed E-state index contributed by atoms with van der Waals surface area (Å²) >= 11 is 12.0. The lowest BCUT2D eigenvalue weighted by Crippen LogP contribution is -2.25. The molecule has 1 aromatic carbocycles. The molecule has 4 heteroatoms. The number of nitrogens with one attached hydrogen (secondary N) is 1. The molecule has 3 rings (SSSR count). The van der Waals surface area contributed by atoms with Crippen molar-refractivity contribution in [2.45, 2.75) is 32.2 Å². The first kappa shape index (κ1) is 12.6. The third-order valence-electron chi connectivity index (χ3n) is 4.28. The van der Waals surface area contributed by atoms with E-state index in [1.54, 1.807) is 0 Å². The molecule has 0 atom stereocenters. The van der Waals surface area contributed by atoms with E-state index in [0.29, 0.717) is 21.1 Å². The number of rotatable bonds is 5. The second-order valence-corrected chi connectivity index (χ2v) is 6.53. The monoisotopic (exact) mass is 284 g/mol. The number of hydrogen-bond acceptors (Lipinski definition) is 2. The summed E-state index contributed by atoms with van der Waals surface area (Å²) < 4.78 is 0. The number of anilines is 1. The molecule has 2 fully saturated rings. The van der Waals surface area contributed by atoms with E-state index in [0.717, 1.165) is 24.6 Å². The molecule has 0 amide bonds. The van der Waals surface area contributed by atoms with Crippen molar-refractivity contribution < 1.29 is 0 Å². The number of hydrogen-bond donors (Lipinski definition) is 2. The summed E-state index contributed by atoms with van der Waals surface area (Å²) in [4.78, 5) is 0. The summed E-state index contributed by atoms with van der Waals surface area (Å²) in [5.74, 6) is 0.989. The average Bonchev–Trinajstić information content (AvgIpc) is 3.16. The molecule has 2 nitrogen and oxygen atoms in total. The van der Waals surface area contributed by atoms with Gasteiger partial charge in [0.1, 0.15) is 0 Å². The Balaban J connectivity index is 1.57. The van der Waals surface area contributed by atoms with Gasteiger partial charge in [-0.25, -0.2) is 0 Å². The highest BCUT2D eigenvalue weighted by Gasteiger charge is 2.53. The Morgan fingerprint density at radius 3 is 2.33 bits per heavy atom. The maximum atomic E-state index is 6.02. The SMILES string of the molecule is Nc1c(Cl)cc(CNCC2(C3CC3)CC2)cc1Cl. The van der Waals surface area contributed by atoms with Crippen LogP contribution in [0.1, 0.15) is 31.2 Å². The van der Waals surface area contributed by atoms with Gasteiger partial charge in [0.15, 0.2) is 0 Å². The average molecular weight is 285 g/mol. The lowest BCUT2D eigenvalue weighted by Gasteiger charge is -2.15. The molecule has 2 aliphatic rings. The smallest absolute Gasteiger partial charge is 0.0693 e. The van der Waals surface area contributed by atoms with E-state index in [4.69, 9.17) is 28.9 Å². The molecule has 0 aromatic heterocycles. The van der Waals surface area contributed by atoms with Crippen molar-refractivity contribution in [1.82, 2.24) is 5.32 Å². The van der Waals surface area contributed by atoms with Gasteiger partial charge in [-0.15, -0.1) is 0 Å². The molecule has 2 saturated carbocycles. The predicted molar refractivity (Wildman–Crippen MR) is 77.0 cm³/mol. The molecule has 98 valence electrons. The predicted octanol–water partition coefficient (Wildman–Crippen LogP) is 3.86. The molecule has 0 spiro atoms. The molecule has 18 heavy (non-hydrogen) atoms. The summed E-state index contributed by atoms with van der Waals surface area (Å²) in [5, 5.41) is 4.63. The van der Waals surface area contributed by atoms with Gasteiger partial charge in [-0.2, -0.15) is 0 Å². The van der Waals surface area contributed by atoms with Crippen molar-refractivity contribution in [3.05, 3.63) is 27.7 Å². The zero-order valence-corrected chi connectivity index (χ0v) is 11.8. The molecule has 0 heterocycles. The topological polar surface area (TPSA) is 38.0 Å². The molecular weight excluding hydrogens is 267 g/mol. The fourth-order valence-electron chi connectivity index (χ4n) is 2.78. The largest absolute Gasteiger partial charge is 0.396 e. The molecule has 0 unspecified atom stereocenters. The second kappa shape index (κ2) is 4.59. The maximum absolute atomic E-state index is 6.02. The van der Waals surface area contributed by atoms with E-state index in [2.05, 4.69) is 5.32 Å². The van der Waals surface area contributed by atoms with Crippen LogP contribution >= 0.6 is 23.2 Å². The van der Waals surface area contributed by atoms with E-state index in [1.165, 1.54) is 25.7 Å². The van der Waals surface area contributed by atoms with Crippen molar-refractivity contribution in [3.8, 4) is 0 Å². The van der Waals surface area contributed by atoms with E-state index in [1.807, 2.05) is 12.1 Å². The molecule has 1 aromatic rings. The van der Waals surface area contributed by atoms with Crippen LogP contribution in [0.5, 0.6) is 0 Å². The summed E-state index contributed by atoms with van der Waals surface area (Å²) in [6.45, 7) is 1.94. The van der Waals surface area contributed by atoms with Crippen molar-refractivity contribution in [2.24, 2.45) is 11.3 Å². The van der Waals surface area contributed by atoms with Gasteiger partial charge in [-0.3, -0.25) is 0 Å². The van der Waals surface area contributed by atoms with Crippen molar-refractivity contribution in [3.63, 3.8) is 0 Å². The number of nitrogen functional groups attached to an aromatic ring is 1. The van der Waals surface area contributed by atoms with E-state index in [-0.39, 0.29) is 0 Å². The molecule has 2 aliphatic carbocycles. The van der Waals surface area contributed by atoms with Gasteiger partial charge in [0.2, 0.25) is 0 Å². The maximum Gasteiger partial charge on any atom is 0.0693 e. The Morgan fingerprint density at radius 2 is 1.83 bits per heavy atom. The molecule has 3 N–H and O–H groups in total. The van der Waals surface area contributed by atoms with Gasteiger partial charge >= 0.3 is 0 Å². The third-order valence-corrected chi connectivity index (χ3v) is 4.91. The minimum atomic E-state index is 0.471. The first-order chi connectivity index (χ1) is 8.61. The van der Waals surface area contributed by atoms with Crippen LogP contribution in [0.2, 0.25) is 10.0 Å². The number of halogens is 2. The molecule has 0 saturated heterocycles. The zero-order chi connectivity index (χ0) is 12.8. The van der Waals surface area contributed by atoms with Crippen molar-refractivity contribution in [1.29, 1.82) is 0 Å². The van der Waals surface area contributed by atoms with Gasteiger partial charge in [-0.05, 0) is 54.7 Å². The zero-order valence-electron chi connectivity index (χ0n) is 10.3. The van der Waals surface area contributed by atoms with Crippen molar-refractivity contribution in [2.75, 3.05) is 12.3 Å². The van der Waals surface area contributed by atoms with Crippen LogP contribution < -0.4 is 11.1 Å². The summed E-state index contributed by atoms with van der Waals surface area (Å²) in [6, 6.07) is 3.79. The molecule has 0 radical (unpaired) electrons. The van der Waals surface area contributed by atoms with Crippen LogP contribution in [0.15, 0.2) is 12.1 Å². The summed E-state index contributed by atoms with van der Waals surface area (Å²) in [5.41, 5.74) is 7.92. The van der Waals surface area contributed by atoms with Crippen LogP contribution in [-0.2, 0) is 6.54 Å². The van der Waals surface area contributed by atoms with E-state index >= 15 is 0 Å². The summed E-state index contributed by atoms with van der Waals surface area (Å²) in [7, 11) is 0. The minimum absolute atomic E-state index is 0.471. The van der Waals surface area contributed by atoms with Crippen molar-refractivity contribution >= 4 is 28.9 Å². The van der Waals surface area contributed by atoms with Crippen LogP contribution in [0.3, 0.4) is 0 Å². The number of benzene rings is 1. The Labute approximate surface area is 118 Å². The Hall–Kier alpha value is -0.440. The van der Waals surface area contributed by atoms with Gasteiger partial charge in [-0.1, -0.05) is 23.2 Å². The molecular formula is C14H18Cl2N2. The number of nitrogens with two attached hydrogens (primary N) is 1. The van der Waals surface area contributed by atoms with Gasteiger partial charge in [0.05, 0.1) is 15.7 Å². The second-order valence-electron chi connectivity index (χ2n) is 5.71. The highest BCUT2D eigenvalue weighted by atomic mass is 35.5. The fraction of sp³-hybridized carbons (Fsp3) is 0.571. The molecule has 0 bridgehead atoms. The Bertz CT molecular complexity index is 442. The lowest BCUT2D eigenvalue weighted by atomic mass is 10.0. The van der Waals surface area contributed by atoms with Crippen LogP contribution in [0, 0.1) is 11.3 Å². The third kappa shape index (κ3) is 2.47. The van der Waals surface area contributed by atoms with E-state index in [9.17, 15) is 0 Å². The standard InChI is InChI=1S/C14H18Cl2N2/c15-11-5-9(6-12(16)13(11)17)7-18-8-14(3-4-14)10-1-2-10/h5-6,10,18H,1-4,7-8,17H2. The van der Waals surface area contributed by atoms with Crippen LogP contribution in [0.25, 0.3) is 0 Å².